The van der Waals surface area contributed by atoms with E-state index in [4.69, 9.17) is 21.4 Å². The summed E-state index contributed by atoms with van der Waals surface area (Å²) in [5.41, 5.74) is 0.441. The average molecular weight is 429 g/mol. The summed E-state index contributed by atoms with van der Waals surface area (Å²) in [5, 5.41) is 21.9. The molecule has 0 radical (unpaired) electrons. The molecule has 2 heterocycles. The number of ether oxygens (including phenoxy) is 1. The molecule has 0 saturated carbocycles. The van der Waals surface area contributed by atoms with Crippen LogP contribution in [0.15, 0.2) is 36.5 Å². The smallest absolute Gasteiger partial charge is 0.322 e. The van der Waals surface area contributed by atoms with Crippen LogP contribution in [0.3, 0.4) is 0 Å². The van der Waals surface area contributed by atoms with Crippen LogP contribution in [0, 0.1) is 5.82 Å². The van der Waals surface area contributed by atoms with E-state index in [1.165, 1.54) is 18.3 Å². The van der Waals surface area contributed by atoms with Crippen LogP contribution in [-0.4, -0.2) is 48.7 Å². The first-order valence-corrected chi connectivity index (χ1v) is 7.69. The molecule has 28 heavy (non-hydrogen) atoms. The molecule has 0 aliphatic carbocycles. The molecule has 1 amide bonds. The molecule has 0 aliphatic heterocycles. The van der Waals surface area contributed by atoms with Gasteiger partial charge in [0.15, 0.2) is 5.82 Å². The molecule has 0 saturated heterocycles. The lowest BCUT2D eigenvalue weighted by Crippen LogP contribution is -2.30. The van der Waals surface area contributed by atoms with Gasteiger partial charge in [-0.05, 0) is 35.5 Å². The maximum absolute atomic E-state index is 13.7. The Bertz CT molecular complexity index is 998. The number of nitrogens with one attached hydrogen (secondary N) is 1. The van der Waals surface area contributed by atoms with Gasteiger partial charge in [0.25, 0.3) is 17.6 Å². The van der Waals surface area contributed by atoms with E-state index in [9.17, 15) is 14.0 Å². The Hall–Kier alpha value is -3.31. The quantitative estimate of drug-likeness (QED) is 0.607. The van der Waals surface area contributed by atoms with Crippen LogP contribution in [0.2, 0.25) is 5.02 Å². The van der Waals surface area contributed by atoms with Gasteiger partial charge in [-0.25, -0.2) is 9.37 Å². The lowest BCUT2D eigenvalue weighted by atomic mass is 10.3. The molecule has 2 N–H and O–H groups in total. The molecule has 2 aromatic heterocycles. The maximum Gasteiger partial charge on any atom is 0.322 e. The second-order valence-electron chi connectivity index (χ2n) is 5.02. The summed E-state index contributed by atoms with van der Waals surface area (Å²) >= 11 is 5.63. The minimum atomic E-state index is -1.20. The Morgan fingerprint density at radius 3 is 2.64 bits per heavy atom. The van der Waals surface area contributed by atoms with Gasteiger partial charge < -0.3 is 15.2 Å². The number of halogens is 3. The number of nitrogens with zero attached hydrogens (tertiary/aromatic N) is 5. The Labute approximate surface area is 167 Å². The third-order valence-electron chi connectivity index (χ3n) is 3.07. The number of amides is 1. The average Bonchev–Trinajstić information content (AvgIpc) is 3.13. The van der Waals surface area contributed by atoms with Gasteiger partial charge in [0, 0.05) is 6.20 Å². The fourth-order valence-electron chi connectivity index (χ4n) is 1.89. The first-order chi connectivity index (χ1) is 12.9. The van der Waals surface area contributed by atoms with Crippen LogP contribution in [0.25, 0.3) is 5.69 Å². The second kappa shape index (κ2) is 9.06. The highest BCUT2D eigenvalue weighted by Crippen LogP contribution is 2.24. The van der Waals surface area contributed by atoms with Gasteiger partial charge in [0.2, 0.25) is 0 Å². The van der Waals surface area contributed by atoms with Crippen LogP contribution in [-0.2, 0) is 4.79 Å². The van der Waals surface area contributed by atoms with Crippen molar-refractivity contribution in [2.24, 2.45) is 0 Å². The number of aromatic nitrogens is 5. The van der Waals surface area contributed by atoms with Crippen molar-refractivity contribution >= 4 is 35.9 Å². The van der Waals surface area contributed by atoms with Crippen molar-refractivity contribution in [3.05, 3.63) is 53.2 Å². The van der Waals surface area contributed by atoms with Crippen LogP contribution < -0.4 is 10.1 Å². The standard InChI is InChI=1S/C15H10ClFN6O4.ClH/c16-8-5-11(17)15(19-6-8)27-10-3-1-9(2-4-10)23-21-13(20-22-23)14(26)18-7-12(24)25;/h1-6H,7H2,(H,18,26)(H,24,25);1H. The topological polar surface area (TPSA) is 132 Å². The zero-order valence-corrected chi connectivity index (χ0v) is 15.3. The van der Waals surface area contributed by atoms with Crippen molar-refractivity contribution in [1.82, 2.24) is 30.5 Å². The molecule has 0 spiro atoms. The molecule has 0 atom stereocenters. The molecular formula is C15H11Cl2FN6O4. The van der Waals surface area contributed by atoms with Crippen LogP contribution in [0.1, 0.15) is 10.6 Å². The van der Waals surface area contributed by atoms with Crippen molar-refractivity contribution in [3.63, 3.8) is 0 Å². The lowest BCUT2D eigenvalue weighted by Gasteiger charge is -2.06. The summed E-state index contributed by atoms with van der Waals surface area (Å²) in [4.78, 5) is 26.9. The number of carboxylic acids is 1. The van der Waals surface area contributed by atoms with Crippen molar-refractivity contribution in [2.75, 3.05) is 6.54 Å². The molecule has 0 unspecified atom stereocenters. The van der Waals surface area contributed by atoms with Gasteiger partial charge in [-0.15, -0.1) is 27.4 Å². The van der Waals surface area contributed by atoms with E-state index in [0.717, 1.165) is 10.9 Å². The third-order valence-corrected chi connectivity index (χ3v) is 3.28. The van der Waals surface area contributed by atoms with E-state index >= 15 is 0 Å². The van der Waals surface area contributed by atoms with Gasteiger partial charge in [-0.2, -0.15) is 0 Å². The molecule has 10 nitrogen and oxygen atoms in total. The van der Waals surface area contributed by atoms with Gasteiger partial charge >= 0.3 is 5.97 Å². The summed E-state index contributed by atoms with van der Waals surface area (Å²) in [6.07, 6.45) is 1.25. The summed E-state index contributed by atoms with van der Waals surface area (Å²) in [6.45, 7) is -0.561. The Balaban J connectivity index is 0.00000280. The lowest BCUT2D eigenvalue weighted by molar-refractivity contribution is -0.135. The first kappa shape index (κ1) is 21.0. The Kier molecular flexibility index (Phi) is 6.79. The van der Waals surface area contributed by atoms with Crippen molar-refractivity contribution in [2.45, 2.75) is 0 Å². The molecular weight excluding hydrogens is 418 g/mol. The van der Waals surface area contributed by atoms with Crippen LogP contribution >= 0.6 is 24.0 Å². The highest BCUT2D eigenvalue weighted by molar-refractivity contribution is 6.30. The molecule has 0 bridgehead atoms. The molecule has 3 aromatic rings. The van der Waals surface area contributed by atoms with Crippen molar-refractivity contribution in [1.29, 1.82) is 0 Å². The summed E-state index contributed by atoms with van der Waals surface area (Å²) in [5.74, 6) is -2.90. The molecule has 0 aliphatic rings. The predicted octanol–water partition coefficient (Wildman–Crippen LogP) is 1.88. The minimum absolute atomic E-state index is 0. The zero-order chi connectivity index (χ0) is 19.4. The number of hydrogen-bond acceptors (Lipinski definition) is 7. The SMILES string of the molecule is Cl.O=C(O)CNC(=O)c1nnn(-c2ccc(Oc3ncc(Cl)cc3F)cc2)n1. The number of aliphatic carboxylic acids is 1. The van der Waals surface area contributed by atoms with E-state index in [1.807, 2.05) is 0 Å². The highest BCUT2D eigenvalue weighted by atomic mass is 35.5. The van der Waals surface area contributed by atoms with E-state index in [-0.39, 0.29) is 29.1 Å². The number of carbonyl (C=O) groups is 2. The monoisotopic (exact) mass is 428 g/mol. The van der Waals surface area contributed by atoms with E-state index in [2.05, 4.69) is 25.7 Å². The highest BCUT2D eigenvalue weighted by Gasteiger charge is 2.14. The van der Waals surface area contributed by atoms with Gasteiger partial charge in [-0.1, -0.05) is 11.6 Å². The number of benzene rings is 1. The molecule has 1 aromatic carbocycles. The summed E-state index contributed by atoms with van der Waals surface area (Å²) in [7, 11) is 0. The summed E-state index contributed by atoms with van der Waals surface area (Å²) < 4.78 is 19.0. The van der Waals surface area contributed by atoms with E-state index in [1.54, 1.807) is 12.1 Å². The number of carbonyl (C=O) groups excluding carboxylic acids is 1. The summed E-state index contributed by atoms with van der Waals surface area (Å²) in [6, 6.07) is 7.19. The fourth-order valence-corrected chi connectivity index (χ4v) is 2.03. The van der Waals surface area contributed by atoms with Crippen LogP contribution in [0.5, 0.6) is 11.6 Å². The van der Waals surface area contributed by atoms with Gasteiger partial charge in [0.1, 0.15) is 12.3 Å². The normalized spacial score (nSPS) is 10.1. The number of hydrogen-bond donors (Lipinski definition) is 2. The fraction of sp³-hybridized carbons (Fsp3) is 0.0667. The first-order valence-electron chi connectivity index (χ1n) is 7.32. The minimum Gasteiger partial charge on any atom is -0.480 e. The van der Waals surface area contributed by atoms with E-state index < -0.39 is 24.2 Å². The van der Waals surface area contributed by atoms with Gasteiger partial charge in [0.05, 0.1) is 10.7 Å². The number of pyridine rings is 1. The molecule has 146 valence electrons. The number of rotatable bonds is 6. The maximum atomic E-state index is 13.7. The van der Waals surface area contributed by atoms with Crippen molar-refractivity contribution < 1.29 is 23.8 Å². The predicted molar refractivity (Wildman–Crippen MR) is 95.7 cm³/mol. The molecule has 0 fully saturated rings. The number of tetrazole rings is 1. The zero-order valence-electron chi connectivity index (χ0n) is 13.7. The third kappa shape index (κ3) is 5.11. The number of carboxylic acid groups (broad SMARTS) is 1. The van der Waals surface area contributed by atoms with Gasteiger partial charge in [-0.3, -0.25) is 9.59 Å². The van der Waals surface area contributed by atoms with Crippen LogP contribution in [0.4, 0.5) is 4.39 Å². The largest absolute Gasteiger partial charge is 0.480 e. The second-order valence-corrected chi connectivity index (χ2v) is 5.45. The van der Waals surface area contributed by atoms with Crippen molar-refractivity contribution in [3.8, 4) is 17.3 Å². The Morgan fingerprint density at radius 1 is 1.29 bits per heavy atom. The van der Waals surface area contributed by atoms with E-state index in [0.29, 0.717) is 11.4 Å². The molecule has 13 heteroatoms. The molecule has 3 rings (SSSR count). The Morgan fingerprint density at radius 2 is 2.00 bits per heavy atom.